The minimum absolute atomic E-state index is 0.213. The smallest absolute Gasteiger partial charge is 0.242 e. The molecular weight excluding hydrogens is 323 g/mol. The molecule has 0 aromatic heterocycles. The van der Waals surface area contributed by atoms with Gasteiger partial charge in [0.15, 0.2) is 0 Å². The molecule has 0 bridgehead atoms. The van der Waals surface area contributed by atoms with Crippen LogP contribution in [0.15, 0.2) is 18.2 Å². The molecule has 0 saturated carbocycles. The van der Waals surface area contributed by atoms with Gasteiger partial charge in [-0.2, -0.15) is 0 Å². The fourth-order valence-electron chi connectivity index (χ4n) is 1.99. The average molecular weight is 337 g/mol. The SMILES string of the molecule is O=S(=O)(CBr)Nc1ccc(N2CCCC2)c(F)c1. The van der Waals surface area contributed by atoms with Crippen LogP contribution >= 0.6 is 15.9 Å². The number of halogens is 2. The zero-order chi connectivity index (χ0) is 13.2. The molecule has 0 spiro atoms. The molecule has 1 heterocycles. The van der Waals surface area contributed by atoms with Crippen molar-refractivity contribution in [2.45, 2.75) is 12.8 Å². The molecule has 0 unspecified atom stereocenters. The Morgan fingerprint density at radius 1 is 1.33 bits per heavy atom. The first-order chi connectivity index (χ1) is 8.52. The second-order valence-corrected chi connectivity index (χ2v) is 7.21. The summed E-state index contributed by atoms with van der Waals surface area (Å²) in [6.45, 7) is 1.70. The van der Waals surface area contributed by atoms with E-state index in [2.05, 4.69) is 20.7 Å². The molecule has 0 amide bonds. The highest BCUT2D eigenvalue weighted by molar-refractivity contribution is 9.10. The van der Waals surface area contributed by atoms with Crippen molar-refractivity contribution in [3.63, 3.8) is 0 Å². The zero-order valence-corrected chi connectivity index (χ0v) is 12.1. The van der Waals surface area contributed by atoms with Gasteiger partial charge in [-0.3, -0.25) is 4.72 Å². The Morgan fingerprint density at radius 3 is 2.56 bits per heavy atom. The van der Waals surface area contributed by atoms with E-state index in [1.165, 1.54) is 6.07 Å². The van der Waals surface area contributed by atoms with E-state index in [1.807, 2.05) is 4.90 Å². The lowest BCUT2D eigenvalue weighted by Gasteiger charge is -2.18. The van der Waals surface area contributed by atoms with Crippen LogP contribution in [-0.4, -0.2) is 26.2 Å². The number of anilines is 2. The molecule has 1 fully saturated rings. The summed E-state index contributed by atoms with van der Waals surface area (Å²) in [6.07, 6.45) is 2.13. The molecule has 1 aromatic rings. The van der Waals surface area contributed by atoms with Gasteiger partial charge in [0.1, 0.15) is 10.5 Å². The maximum absolute atomic E-state index is 13.9. The van der Waals surface area contributed by atoms with E-state index in [0.717, 1.165) is 25.9 Å². The van der Waals surface area contributed by atoms with Gasteiger partial charge in [0.25, 0.3) is 0 Å². The predicted octanol–water partition coefficient (Wildman–Crippen LogP) is 2.52. The maximum atomic E-state index is 13.9. The van der Waals surface area contributed by atoms with Crippen LogP contribution in [0.1, 0.15) is 12.8 Å². The van der Waals surface area contributed by atoms with Gasteiger partial charge in [0.05, 0.1) is 11.4 Å². The summed E-state index contributed by atoms with van der Waals surface area (Å²) in [6, 6.07) is 4.41. The first-order valence-electron chi connectivity index (χ1n) is 5.63. The normalized spacial score (nSPS) is 16.0. The number of sulfonamides is 1. The van der Waals surface area contributed by atoms with Crippen LogP contribution in [0, 0.1) is 5.82 Å². The average Bonchev–Trinajstić information content (AvgIpc) is 2.82. The third kappa shape index (κ3) is 3.14. The molecular formula is C11H14BrFN2O2S. The van der Waals surface area contributed by atoms with E-state index in [4.69, 9.17) is 0 Å². The Labute approximate surface area is 114 Å². The molecule has 1 aliphatic rings. The number of alkyl halides is 1. The Balaban J connectivity index is 2.19. The summed E-state index contributed by atoms with van der Waals surface area (Å²) in [7, 11) is -3.43. The van der Waals surface area contributed by atoms with Crippen LogP contribution in [0.5, 0.6) is 0 Å². The van der Waals surface area contributed by atoms with Gasteiger partial charge in [0.2, 0.25) is 10.0 Å². The number of hydrogen-bond donors (Lipinski definition) is 1. The van der Waals surface area contributed by atoms with Gasteiger partial charge in [-0.05, 0) is 25.0 Å². The summed E-state index contributed by atoms with van der Waals surface area (Å²) in [5, 5.41) is 0. The van der Waals surface area contributed by atoms with Crippen LogP contribution in [-0.2, 0) is 10.0 Å². The summed E-state index contributed by atoms with van der Waals surface area (Å²) in [4.78, 5) is 1.97. The van der Waals surface area contributed by atoms with Crippen LogP contribution < -0.4 is 9.62 Å². The van der Waals surface area contributed by atoms with Gasteiger partial charge in [-0.1, -0.05) is 15.9 Å². The fourth-order valence-corrected chi connectivity index (χ4v) is 2.88. The summed E-state index contributed by atoms with van der Waals surface area (Å²) in [5.41, 5.74) is 0.782. The lowest BCUT2D eigenvalue weighted by atomic mass is 10.2. The largest absolute Gasteiger partial charge is 0.369 e. The second-order valence-electron chi connectivity index (χ2n) is 4.19. The molecule has 1 N–H and O–H groups in total. The predicted molar refractivity (Wildman–Crippen MR) is 74.2 cm³/mol. The van der Waals surface area contributed by atoms with Crippen LogP contribution in [0.25, 0.3) is 0 Å². The Bertz CT molecular complexity index is 530. The van der Waals surface area contributed by atoms with E-state index < -0.39 is 15.8 Å². The van der Waals surface area contributed by atoms with Gasteiger partial charge in [-0.15, -0.1) is 0 Å². The molecule has 0 aliphatic carbocycles. The monoisotopic (exact) mass is 336 g/mol. The van der Waals surface area contributed by atoms with Gasteiger partial charge < -0.3 is 4.90 Å². The van der Waals surface area contributed by atoms with Crippen LogP contribution in [0.3, 0.4) is 0 Å². The summed E-state index contributed by atoms with van der Waals surface area (Å²) < 4.78 is 38.6. The van der Waals surface area contributed by atoms with Crippen LogP contribution in [0.4, 0.5) is 15.8 Å². The topological polar surface area (TPSA) is 49.4 Å². The van der Waals surface area contributed by atoms with Crippen molar-refractivity contribution >= 4 is 37.3 Å². The lowest BCUT2D eigenvalue weighted by Crippen LogP contribution is -2.19. The minimum Gasteiger partial charge on any atom is -0.369 e. The van der Waals surface area contributed by atoms with Gasteiger partial charge in [0, 0.05) is 19.2 Å². The van der Waals surface area contributed by atoms with Crippen LogP contribution in [0.2, 0.25) is 0 Å². The number of nitrogens with one attached hydrogen (secondary N) is 1. The molecule has 1 aliphatic heterocycles. The molecule has 4 nitrogen and oxygen atoms in total. The van der Waals surface area contributed by atoms with E-state index in [1.54, 1.807) is 12.1 Å². The van der Waals surface area contributed by atoms with E-state index in [9.17, 15) is 12.8 Å². The third-order valence-corrected chi connectivity index (χ3v) is 5.45. The lowest BCUT2D eigenvalue weighted by molar-refractivity contribution is 0.605. The van der Waals surface area contributed by atoms with Crippen molar-refractivity contribution in [3.8, 4) is 0 Å². The Kier molecular flexibility index (Phi) is 4.11. The van der Waals surface area contributed by atoms with Gasteiger partial charge in [-0.25, -0.2) is 12.8 Å². The van der Waals surface area contributed by atoms with Crippen molar-refractivity contribution in [1.29, 1.82) is 0 Å². The summed E-state index contributed by atoms with van der Waals surface area (Å²) >= 11 is 2.86. The minimum atomic E-state index is -3.43. The molecule has 18 heavy (non-hydrogen) atoms. The number of hydrogen-bond acceptors (Lipinski definition) is 3. The molecule has 0 atom stereocenters. The quantitative estimate of drug-likeness (QED) is 0.859. The zero-order valence-electron chi connectivity index (χ0n) is 9.70. The molecule has 7 heteroatoms. The standard InChI is InChI=1S/C11H14BrFN2O2S/c12-8-18(16,17)14-9-3-4-11(10(13)7-9)15-5-1-2-6-15/h3-4,7,14H,1-2,5-6,8H2. The Morgan fingerprint density at radius 2 is 2.00 bits per heavy atom. The van der Waals surface area contributed by atoms with Crippen molar-refractivity contribution in [3.05, 3.63) is 24.0 Å². The Hall–Kier alpha value is -0.820. The fraction of sp³-hybridized carbons (Fsp3) is 0.455. The molecule has 100 valence electrons. The third-order valence-electron chi connectivity index (χ3n) is 2.81. The number of nitrogens with zero attached hydrogens (tertiary/aromatic N) is 1. The first kappa shape index (κ1) is 13.6. The maximum Gasteiger partial charge on any atom is 0.242 e. The van der Waals surface area contributed by atoms with Crippen molar-refractivity contribution in [2.24, 2.45) is 0 Å². The van der Waals surface area contributed by atoms with Crippen molar-refractivity contribution < 1.29 is 12.8 Å². The molecule has 1 saturated heterocycles. The second kappa shape index (κ2) is 5.44. The highest BCUT2D eigenvalue weighted by atomic mass is 79.9. The molecule has 1 aromatic carbocycles. The molecule has 0 radical (unpaired) electrons. The first-order valence-corrected chi connectivity index (χ1v) is 8.40. The van der Waals surface area contributed by atoms with E-state index in [-0.39, 0.29) is 10.3 Å². The summed E-state index contributed by atoms with van der Waals surface area (Å²) in [5.74, 6) is -0.397. The highest BCUT2D eigenvalue weighted by Crippen LogP contribution is 2.26. The van der Waals surface area contributed by atoms with E-state index >= 15 is 0 Å². The van der Waals surface area contributed by atoms with E-state index in [0.29, 0.717) is 5.69 Å². The van der Waals surface area contributed by atoms with Crippen molar-refractivity contribution in [2.75, 3.05) is 27.4 Å². The highest BCUT2D eigenvalue weighted by Gasteiger charge is 2.17. The molecule has 2 rings (SSSR count). The number of benzene rings is 1. The number of rotatable bonds is 4. The van der Waals surface area contributed by atoms with Gasteiger partial charge >= 0.3 is 0 Å². The van der Waals surface area contributed by atoms with Crippen molar-refractivity contribution in [1.82, 2.24) is 0 Å².